The van der Waals surface area contributed by atoms with Crippen LogP contribution in [0.15, 0.2) is 36.4 Å². The van der Waals surface area contributed by atoms with Crippen molar-refractivity contribution >= 4 is 0 Å². The number of hydrogen-bond donors (Lipinski definition) is 1. The number of methoxy groups -OCH3 is 1. The number of aliphatic hydroxyl groups excluding tert-OH is 1. The Morgan fingerprint density at radius 1 is 1.20 bits per heavy atom. The minimum atomic E-state index is 0.204. The zero-order valence-electron chi connectivity index (χ0n) is 13.0. The molecule has 0 aromatic heterocycles. The maximum absolute atomic E-state index is 9.45. The summed E-state index contributed by atoms with van der Waals surface area (Å²) in [7, 11) is 1.68. The van der Waals surface area contributed by atoms with E-state index in [-0.39, 0.29) is 18.4 Å². The second kappa shape index (κ2) is 9.60. The average molecular weight is 276 g/mol. The minimum absolute atomic E-state index is 0.204. The van der Waals surface area contributed by atoms with Crippen molar-refractivity contribution in [3.8, 4) is 5.75 Å². The molecule has 1 N–H and O–H groups in total. The smallest absolute Gasteiger partial charge is 0.118 e. The quantitative estimate of drug-likeness (QED) is 0.530. The second-order valence-electron chi connectivity index (χ2n) is 5.38. The van der Waals surface area contributed by atoms with Gasteiger partial charge in [-0.3, -0.25) is 0 Å². The summed E-state index contributed by atoms with van der Waals surface area (Å²) >= 11 is 0. The van der Waals surface area contributed by atoms with Gasteiger partial charge in [-0.2, -0.15) is 0 Å². The van der Waals surface area contributed by atoms with E-state index in [0.29, 0.717) is 0 Å². The monoisotopic (exact) mass is 276 g/mol. The van der Waals surface area contributed by atoms with Gasteiger partial charge in [0, 0.05) is 12.5 Å². The number of hydrogen-bond acceptors (Lipinski definition) is 2. The van der Waals surface area contributed by atoms with Gasteiger partial charge in [-0.25, -0.2) is 0 Å². The number of aliphatic hydroxyl groups is 1. The number of rotatable bonds is 9. The van der Waals surface area contributed by atoms with Crippen LogP contribution in [0, 0.1) is 5.92 Å². The zero-order valence-corrected chi connectivity index (χ0v) is 13.0. The summed E-state index contributed by atoms with van der Waals surface area (Å²) in [5.74, 6) is 1.37. The molecule has 2 heteroatoms. The van der Waals surface area contributed by atoms with Crippen molar-refractivity contribution in [3.05, 3.63) is 42.0 Å². The van der Waals surface area contributed by atoms with Gasteiger partial charge in [-0.15, -0.1) is 0 Å². The van der Waals surface area contributed by atoms with Crippen LogP contribution in [0.3, 0.4) is 0 Å². The van der Waals surface area contributed by atoms with Gasteiger partial charge in [-0.05, 0) is 36.5 Å². The summed E-state index contributed by atoms with van der Waals surface area (Å²) in [5.41, 5.74) is 1.24. The van der Waals surface area contributed by atoms with Crippen molar-refractivity contribution in [3.63, 3.8) is 0 Å². The van der Waals surface area contributed by atoms with Crippen molar-refractivity contribution in [1.82, 2.24) is 0 Å². The van der Waals surface area contributed by atoms with E-state index in [1.165, 1.54) is 24.8 Å². The molecule has 2 atom stereocenters. The molecule has 20 heavy (non-hydrogen) atoms. The first-order chi connectivity index (χ1) is 9.72. The maximum atomic E-state index is 9.45. The highest BCUT2D eigenvalue weighted by Gasteiger charge is 2.15. The largest absolute Gasteiger partial charge is 0.497 e. The second-order valence-corrected chi connectivity index (χ2v) is 5.38. The summed E-state index contributed by atoms with van der Waals surface area (Å²) in [5, 5.41) is 9.45. The van der Waals surface area contributed by atoms with Crippen molar-refractivity contribution < 1.29 is 9.84 Å². The molecule has 1 rings (SSSR count). The van der Waals surface area contributed by atoms with Crippen LogP contribution in [0.25, 0.3) is 0 Å². The van der Waals surface area contributed by atoms with E-state index in [9.17, 15) is 5.11 Å². The number of ether oxygens (including phenoxy) is 1. The van der Waals surface area contributed by atoms with Crippen molar-refractivity contribution in [1.29, 1.82) is 0 Å². The van der Waals surface area contributed by atoms with Crippen LogP contribution in [0.2, 0.25) is 0 Å². The predicted octanol–water partition coefficient (Wildman–Crippen LogP) is 4.54. The molecule has 2 nitrogen and oxygen atoms in total. The van der Waals surface area contributed by atoms with E-state index in [2.05, 4.69) is 38.1 Å². The van der Waals surface area contributed by atoms with Crippen LogP contribution < -0.4 is 4.74 Å². The predicted molar refractivity (Wildman–Crippen MR) is 85.3 cm³/mol. The van der Waals surface area contributed by atoms with Crippen molar-refractivity contribution in [2.24, 2.45) is 5.92 Å². The van der Waals surface area contributed by atoms with Crippen LogP contribution in [-0.2, 0) is 0 Å². The fraction of sp³-hybridized carbons (Fsp3) is 0.556. The summed E-state index contributed by atoms with van der Waals surface area (Å²) in [4.78, 5) is 0. The molecule has 0 aliphatic carbocycles. The molecule has 1 unspecified atom stereocenters. The molecule has 1 aromatic rings. The molecule has 0 fully saturated rings. The molecule has 0 bridgehead atoms. The fourth-order valence-corrected chi connectivity index (χ4v) is 2.32. The third-order valence-electron chi connectivity index (χ3n) is 3.72. The van der Waals surface area contributed by atoms with E-state index in [0.717, 1.165) is 12.2 Å². The molecular weight excluding hydrogens is 248 g/mol. The number of unbranched alkanes of at least 4 members (excludes halogenated alkanes) is 3. The van der Waals surface area contributed by atoms with Crippen LogP contribution in [0.4, 0.5) is 0 Å². The first-order valence-corrected chi connectivity index (χ1v) is 7.64. The Morgan fingerprint density at radius 2 is 1.90 bits per heavy atom. The highest BCUT2D eigenvalue weighted by molar-refractivity contribution is 5.31. The first-order valence-electron chi connectivity index (χ1n) is 7.64. The Bertz CT molecular complexity index is 381. The Hall–Kier alpha value is -1.28. The lowest BCUT2D eigenvalue weighted by Gasteiger charge is -2.19. The van der Waals surface area contributed by atoms with Gasteiger partial charge < -0.3 is 9.84 Å². The van der Waals surface area contributed by atoms with E-state index >= 15 is 0 Å². The lowest BCUT2D eigenvalue weighted by atomic mass is 9.87. The molecular formula is C18H28O2. The molecule has 112 valence electrons. The van der Waals surface area contributed by atoms with Gasteiger partial charge in [0.05, 0.1) is 7.11 Å². The molecule has 0 saturated heterocycles. The van der Waals surface area contributed by atoms with E-state index < -0.39 is 0 Å². The van der Waals surface area contributed by atoms with Gasteiger partial charge in [0.2, 0.25) is 0 Å². The molecule has 0 spiro atoms. The first kappa shape index (κ1) is 16.8. The Morgan fingerprint density at radius 3 is 2.45 bits per heavy atom. The maximum Gasteiger partial charge on any atom is 0.118 e. The van der Waals surface area contributed by atoms with E-state index in [1.54, 1.807) is 7.11 Å². The van der Waals surface area contributed by atoms with Gasteiger partial charge in [0.25, 0.3) is 0 Å². The molecule has 0 aliphatic rings. The summed E-state index contributed by atoms with van der Waals surface area (Å²) in [6.07, 6.45) is 9.42. The van der Waals surface area contributed by atoms with E-state index in [4.69, 9.17) is 4.74 Å². The molecule has 0 saturated carbocycles. The van der Waals surface area contributed by atoms with Crippen LogP contribution in [0.1, 0.15) is 51.0 Å². The summed E-state index contributed by atoms with van der Waals surface area (Å²) in [6, 6.07) is 8.15. The normalized spacial score (nSPS) is 14.4. The summed E-state index contributed by atoms with van der Waals surface area (Å²) in [6.45, 7) is 4.51. The van der Waals surface area contributed by atoms with Crippen LogP contribution >= 0.6 is 0 Å². The average Bonchev–Trinajstić information content (AvgIpc) is 2.50. The molecule has 0 amide bonds. The number of allylic oxidation sites excluding steroid dienone is 2. The van der Waals surface area contributed by atoms with Crippen LogP contribution in [-0.4, -0.2) is 18.8 Å². The lowest BCUT2D eigenvalue weighted by molar-refractivity contribution is 0.227. The standard InChI is InChI=1S/C18H28O2/c1-4-5-6-7-8-9-18(15(2)14-19)16-10-12-17(20-3)13-11-16/h8-13,15,18-19H,4-7,14H2,1-3H3/b9-8+/t15-,18?/m1/s1. The highest BCUT2D eigenvalue weighted by Crippen LogP contribution is 2.27. The third-order valence-corrected chi connectivity index (χ3v) is 3.72. The molecule has 0 aliphatic heterocycles. The van der Waals surface area contributed by atoms with Crippen LogP contribution in [0.5, 0.6) is 5.75 Å². The molecule has 0 heterocycles. The third kappa shape index (κ3) is 5.38. The Balaban J connectivity index is 2.72. The van der Waals surface area contributed by atoms with Gasteiger partial charge >= 0.3 is 0 Å². The number of benzene rings is 1. The Kier molecular flexibility index (Phi) is 8.05. The topological polar surface area (TPSA) is 29.5 Å². The molecule has 1 aromatic carbocycles. The SMILES string of the molecule is CCCCC/C=C/C(c1ccc(OC)cc1)[C@H](C)CO. The van der Waals surface area contributed by atoms with Gasteiger partial charge in [0.1, 0.15) is 5.75 Å². The molecule has 0 radical (unpaired) electrons. The van der Waals surface area contributed by atoms with Gasteiger partial charge in [-0.1, -0.05) is 51.0 Å². The summed E-state index contributed by atoms with van der Waals surface area (Å²) < 4.78 is 5.19. The minimum Gasteiger partial charge on any atom is -0.497 e. The zero-order chi connectivity index (χ0) is 14.8. The Labute approximate surface area is 123 Å². The highest BCUT2D eigenvalue weighted by atomic mass is 16.5. The van der Waals surface area contributed by atoms with Crippen molar-refractivity contribution in [2.45, 2.75) is 45.4 Å². The van der Waals surface area contributed by atoms with Crippen molar-refractivity contribution in [2.75, 3.05) is 13.7 Å². The lowest BCUT2D eigenvalue weighted by Crippen LogP contribution is -2.11. The fourth-order valence-electron chi connectivity index (χ4n) is 2.32. The van der Waals surface area contributed by atoms with Gasteiger partial charge in [0.15, 0.2) is 0 Å². The van der Waals surface area contributed by atoms with E-state index in [1.807, 2.05) is 12.1 Å².